The lowest BCUT2D eigenvalue weighted by atomic mass is 9.74. The van der Waals surface area contributed by atoms with Crippen molar-refractivity contribution in [3.05, 3.63) is 0 Å². The summed E-state index contributed by atoms with van der Waals surface area (Å²) in [6.45, 7) is 6.49. The third kappa shape index (κ3) is 18.8. The summed E-state index contributed by atoms with van der Waals surface area (Å²) in [6.07, 6.45) is 59.9. The lowest BCUT2D eigenvalue weighted by Gasteiger charge is -2.49. The van der Waals surface area contributed by atoms with Crippen LogP contribution in [-0.2, 0) is 14.2 Å². The van der Waals surface area contributed by atoms with Gasteiger partial charge in [-0.2, -0.15) is 0 Å². The van der Waals surface area contributed by atoms with Crippen molar-refractivity contribution in [2.75, 3.05) is 13.2 Å². The molecule has 4 unspecified atom stereocenters. The smallest absolute Gasteiger partial charge is 0.110 e. The van der Waals surface area contributed by atoms with Crippen LogP contribution in [0.25, 0.3) is 0 Å². The normalized spacial score (nSPS) is 22.4. The van der Waals surface area contributed by atoms with Crippen LogP contribution >= 0.6 is 0 Å². The predicted octanol–water partition coefficient (Wildman–Crippen LogP) is 17.0. The van der Waals surface area contributed by atoms with Gasteiger partial charge in [0.05, 0.1) is 13.2 Å². The first kappa shape index (κ1) is 47.6. The van der Waals surface area contributed by atoms with Crippen molar-refractivity contribution in [2.24, 2.45) is 11.8 Å². The number of hydrogen-bond acceptors (Lipinski definition) is 3. The molecule has 4 rings (SSSR count). The van der Waals surface area contributed by atoms with Gasteiger partial charge in [-0.3, -0.25) is 0 Å². The molecule has 3 nitrogen and oxygen atoms in total. The van der Waals surface area contributed by atoms with Gasteiger partial charge in [0.1, 0.15) is 23.4 Å². The molecule has 4 atom stereocenters. The Bertz CT molecular complexity index is 800. The van der Waals surface area contributed by atoms with Crippen molar-refractivity contribution >= 4 is 0 Å². The van der Waals surface area contributed by atoms with E-state index in [0.29, 0.717) is 24.0 Å². The topological polar surface area (TPSA) is 34.3 Å². The van der Waals surface area contributed by atoms with E-state index in [1.807, 2.05) is 0 Å². The van der Waals surface area contributed by atoms with Crippen molar-refractivity contribution in [2.45, 2.75) is 307 Å². The van der Waals surface area contributed by atoms with E-state index >= 15 is 0 Å². The van der Waals surface area contributed by atoms with E-state index in [2.05, 4.69) is 13.8 Å². The Morgan fingerprint density at radius 3 is 0.782 bits per heavy atom. The minimum atomic E-state index is -0.0733. The fourth-order valence-electron chi connectivity index (χ4n) is 11.4. The molecule has 2 heterocycles. The molecular formula is C52H98O3. The second kappa shape index (κ2) is 30.0. The van der Waals surface area contributed by atoms with Crippen molar-refractivity contribution < 1.29 is 14.2 Å². The third-order valence-electron chi connectivity index (χ3n) is 15.1. The molecule has 324 valence electrons. The molecule has 3 heteroatoms. The van der Waals surface area contributed by atoms with Crippen molar-refractivity contribution in [1.29, 1.82) is 0 Å². The second-order valence-electron chi connectivity index (χ2n) is 19.7. The number of ether oxygens (including phenoxy) is 3. The minimum Gasteiger partial charge on any atom is -0.370 e. The first-order chi connectivity index (χ1) is 27.2. The average molecular weight is 771 g/mol. The van der Waals surface area contributed by atoms with Gasteiger partial charge in [0, 0.05) is 0 Å². The Balaban J connectivity index is 1.15. The summed E-state index contributed by atoms with van der Waals surface area (Å²) in [5.74, 6) is 1.36. The first-order valence-electron chi connectivity index (χ1n) is 26.2. The fourth-order valence-corrected chi connectivity index (χ4v) is 11.4. The van der Waals surface area contributed by atoms with Gasteiger partial charge < -0.3 is 14.2 Å². The van der Waals surface area contributed by atoms with E-state index in [0.717, 1.165) is 13.2 Å². The van der Waals surface area contributed by atoms with Gasteiger partial charge in [0.2, 0.25) is 0 Å². The molecule has 0 aromatic carbocycles. The Labute approximate surface area is 345 Å². The monoisotopic (exact) mass is 771 g/mol. The molecule has 0 N–H and O–H groups in total. The van der Waals surface area contributed by atoms with E-state index in [1.165, 1.54) is 270 Å². The highest BCUT2D eigenvalue weighted by molar-refractivity contribution is 5.09. The molecule has 2 saturated heterocycles. The molecule has 2 saturated carbocycles. The van der Waals surface area contributed by atoms with Crippen molar-refractivity contribution in [3.8, 4) is 0 Å². The van der Waals surface area contributed by atoms with Gasteiger partial charge in [-0.1, -0.05) is 245 Å². The highest BCUT2D eigenvalue weighted by Crippen LogP contribution is 2.55. The van der Waals surface area contributed by atoms with Crippen LogP contribution in [0, 0.1) is 11.8 Å². The van der Waals surface area contributed by atoms with E-state index < -0.39 is 0 Å². The molecule has 4 fully saturated rings. The Morgan fingerprint density at radius 1 is 0.345 bits per heavy atom. The molecule has 55 heavy (non-hydrogen) atoms. The van der Waals surface area contributed by atoms with Crippen LogP contribution in [-0.4, -0.2) is 36.6 Å². The number of hydrogen-bond donors (Lipinski definition) is 0. The van der Waals surface area contributed by atoms with Gasteiger partial charge >= 0.3 is 0 Å². The standard InChI is InChI=1S/C52H98O3/c1-3-5-7-9-11-13-15-17-19-21-23-25-27-29-31-37-43-51(49-45-53-49,47-39-33-34-40-47)55-52(50-46-54-50,48-41-35-36-42-48)44-38-32-30-28-26-24-22-20-18-16-14-12-10-8-6-4-2/h47-50H,3-46H2,1-2H3. The Hall–Kier alpha value is -0.120. The van der Waals surface area contributed by atoms with Gasteiger partial charge in [0.25, 0.3) is 0 Å². The molecule has 0 amide bonds. The van der Waals surface area contributed by atoms with Crippen LogP contribution in [0.1, 0.15) is 284 Å². The van der Waals surface area contributed by atoms with Crippen LogP contribution in [0.2, 0.25) is 0 Å². The SMILES string of the molecule is CCCCCCCCCCCCCCCCCCC(OC(CCCCCCCCCCCCCCCCCC)(C1CCCC1)C1CO1)(C1CCCC1)C1CO1. The van der Waals surface area contributed by atoms with Crippen LogP contribution in [0.15, 0.2) is 0 Å². The Kier molecular flexibility index (Phi) is 25.9. The lowest BCUT2D eigenvalue weighted by Crippen LogP contribution is -2.57. The van der Waals surface area contributed by atoms with Crippen molar-refractivity contribution in [1.82, 2.24) is 0 Å². The van der Waals surface area contributed by atoms with Crippen LogP contribution in [0.3, 0.4) is 0 Å². The number of unbranched alkanes of at least 4 members (excludes halogenated alkanes) is 30. The van der Waals surface area contributed by atoms with Crippen LogP contribution in [0.5, 0.6) is 0 Å². The summed E-state index contributed by atoms with van der Waals surface area (Å²) in [5.41, 5.74) is -0.147. The van der Waals surface area contributed by atoms with Crippen molar-refractivity contribution in [3.63, 3.8) is 0 Å². The number of epoxide rings is 2. The molecule has 2 aliphatic carbocycles. The van der Waals surface area contributed by atoms with Gasteiger partial charge in [-0.15, -0.1) is 0 Å². The maximum Gasteiger partial charge on any atom is 0.110 e. The lowest BCUT2D eigenvalue weighted by molar-refractivity contribution is -0.227. The zero-order valence-corrected chi connectivity index (χ0v) is 37.6. The quantitative estimate of drug-likeness (QED) is 0.0460. The van der Waals surface area contributed by atoms with E-state index in [1.54, 1.807) is 0 Å². The average Bonchev–Trinajstić information content (AvgIpc) is 4.12. The highest BCUT2D eigenvalue weighted by Gasteiger charge is 2.62. The van der Waals surface area contributed by atoms with E-state index in [4.69, 9.17) is 14.2 Å². The third-order valence-corrected chi connectivity index (χ3v) is 15.1. The highest BCUT2D eigenvalue weighted by atomic mass is 16.6. The van der Waals surface area contributed by atoms with E-state index in [9.17, 15) is 0 Å². The molecule has 0 aromatic heterocycles. The molecule has 0 radical (unpaired) electrons. The van der Waals surface area contributed by atoms with Gasteiger partial charge in [-0.05, 0) is 50.4 Å². The van der Waals surface area contributed by atoms with Gasteiger partial charge in [-0.25, -0.2) is 0 Å². The second-order valence-corrected chi connectivity index (χ2v) is 19.7. The summed E-state index contributed by atoms with van der Waals surface area (Å²) in [6, 6.07) is 0. The molecule has 0 spiro atoms. The van der Waals surface area contributed by atoms with Crippen LogP contribution < -0.4 is 0 Å². The zero-order chi connectivity index (χ0) is 38.5. The maximum atomic E-state index is 8.04. The molecular weight excluding hydrogens is 673 g/mol. The Morgan fingerprint density at radius 2 is 0.564 bits per heavy atom. The summed E-state index contributed by atoms with van der Waals surface area (Å²) in [5, 5.41) is 0. The summed E-state index contributed by atoms with van der Waals surface area (Å²) in [7, 11) is 0. The maximum absolute atomic E-state index is 8.04. The first-order valence-corrected chi connectivity index (χ1v) is 26.2. The van der Waals surface area contributed by atoms with E-state index in [-0.39, 0.29) is 11.2 Å². The molecule has 0 bridgehead atoms. The molecule has 2 aliphatic heterocycles. The summed E-state index contributed by atoms with van der Waals surface area (Å²) in [4.78, 5) is 0. The fraction of sp³-hybridized carbons (Fsp3) is 1.00. The summed E-state index contributed by atoms with van der Waals surface area (Å²) < 4.78 is 20.7. The zero-order valence-electron chi connectivity index (χ0n) is 37.6. The largest absolute Gasteiger partial charge is 0.370 e. The molecule has 4 aliphatic rings. The predicted molar refractivity (Wildman–Crippen MR) is 238 cm³/mol. The molecule has 0 aromatic rings. The number of rotatable bonds is 40. The summed E-state index contributed by atoms with van der Waals surface area (Å²) >= 11 is 0. The van der Waals surface area contributed by atoms with Crippen LogP contribution in [0.4, 0.5) is 0 Å². The minimum absolute atomic E-state index is 0.0733. The van der Waals surface area contributed by atoms with Gasteiger partial charge in [0.15, 0.2) is 0 Å².